The Morgan fingerprint density at radius 3 is 2.50 bits per heavy atom. The van der Waals surface area contributed by atoms with E-state index in [0.29, 0.717) is 17.7 Å². The number of benzene rings is 2. The van der Waals surface area contributed by atoms with E-state index in [0.717, 1.165) is 79.2 Å². The molecular weight excluding hydrogens is 496 g/mol. The van der Waals surface area contributed by atoms with Crippen molar-refractivity contribution in [1.29, 1.82) is 0 Å². The second-order valence-corrected chi connectivity index (χ2v) is 11.1. The molecule has 2 amide bonds. The lowest BCUT2D eigenvalue weighted by molar-refractivity contribution is 0.0608. The number of anilines is 1. The number of hydrogen-bond acceptors (Lipinski definition) is 7. The maximum atomic E-state index is 13.3. The highest BCUT2D eigenvalue weighted by Crippen LogP contribution is 2.34. The average Bonchev–Trinajstić information content (AvgIpc) is 3.53. The van der Waals surface area contributed by atoms with Crippen LogP contribution in [0, 0.1) is 0 Å². The molecule has 0 bridgehead atoms. The predicted molar refractivity (Wildman–Crippen MR) is 153 cm³/mol. The van der Waals surface area contributed by atoms with Gasteiger partial charge in [-0.2, -0.15) is 0 Å². The van der Waals surface area contributed by atoms with E-state index in [-0.39, 0.29) is 11.8 Å². The average molecular weight is 533 g/mol. The highest BCUT2D eigenvalue weighted by atomic mass is 32.2. The molecule has 2 aliphatic heterocycles. The second kappa shape index (κ2) is 11.9. The number of imide groups is 1. The van der Waals surface area contributed by atoms with Crippen LogP contribution in [0.3, 0.4) is 0 Å². The van der Waals surface area contributed by atoms with Gasteiger partial charge in [0.1, 0.15) is 0 Å². The quantitative estimate of drug-likeness (QED) is 0.189. The number of hydrogen-bond donors (Lipinski definition) is 1. The largest absolute Gasteiger partial charge is 0.384 e. The number of carbonyl (C=O) groups is 2. The molecule has 2 aliphatic rings. The van der Waals surface area contributed by atoms with Gasteiger partial charge in [-0.15, -0.1) is 0 Å². The summed E-state index contributed by atoms with van der Waals surface area (Å²) in [6, 6.07) is 9.63. The van der Waals surface area contributed by atoms with Gasteiger partial charge in [0.05, 0.1) is 6.67 Å². The van der Waals surface area contributed by atoms with Crippen molar-refractivity contribution < 1.29 is 9.59 Å². The molecule has 0 saturated heterocycles. The zero-order valence-corrected chi connectivity index (χ0v) is 23.0. The monoisotopic (exact) mass is 532 g/mol. The molecule has 8 nitrogen and oxygen atoms in total. The summed E-state index contributed by atoms with van der Waals surface area (Å²) >= 11 is 1.76. The molecule has 1 aromatic heterocycles. The number of imidazole rings is 1. The van der Waals surface area contributed by atoms with Crippen molar-refractivity contribution in [1.82, 2.24) is 24.3 Å². The Hall–Kier alpha value is -3.46. The Kier molecular flexibility index (Phi) is 8.22. The van der Waals surface area contributed by atoms with Gasteiger partial charge in [-0.3, -0.25) is 14.5 Å². The third kappa shape index (κ3) is 5.67. The molecular formula is C29H36N6O2S. The molecule has 0 fully saturated rings. The SMILES string of the molecule is CN1C=CN(CCCNc2ccc3c4c(cccc24)C(=O)N(CCCCCCSc2nccn2C)C3=O)C1. The highest BCUT2D eigenvalue weighted by Gasteiger charge is 2.32. The molecule has 0 spiro atoms. The first-order valence-electron chi connectivity index (χ1n) is 13.4. The minimum atomic E-state index is -0.180. The van der Waals surface area contributed by atoms with Crippen LogP contribution in [0.1, 0.15) is 52.8 Å². The van der Waals surface area contributed by atoms with Crippen molar-refractivity contribution >= 4 is 40.0 Å². The van der Waals surface area contributed by atoms with E-state index >= 15 is 0 Å². The van der Waals surface area contributed by atoms with E-state index in [9.17, 15) is 9.59 Å². The first kappa shape index (κ1) is 26.2. The standard InChI is InChI=1S/C29H36N6O2S/c1-32-18-19-34(21-32)15-8-13-30-25-12-11-24-26-22(25)9-7-10-23(26)27(36)35(28(24)37)16-5-3-4-6-20-38-29-31-14-17-33(29)2/h7,9-12,14,17-19,30H,3-6,8,13,15-16,20-21H2,1-2H3. The van der Waals surface area contributed by atoms with E-state index in [1.807, 2.05) is 54.3 Å². The van der Waals surface area contributed by atoms with Gasteiger partial charge in [-0.05, 0) is 37.5 Å². The Morgan fingerprint density at radius 2 is 1.74 bits per heavy atom. The fourth-order valence-corrected chi connectivity index (χ4v) is 6.05. The van der Waals surface area contributed by atoms with Crippen LogP contribution < -0.4 is 5.32 Å². The van der Waals surface area contributed by atoms with Gasteiger partial charge >= 0.3 is 0 Å². The smallest absolute Gasteiger partial charge is 0.261 e. The maximum Gasteiger partial charge on any atom is 0.261 e. The minimum Gasteiger partial charge on any atom is -0.384 e. The molecule has 200 valence electrons. The van der Waals surface area contributed by atoms with Crippen LogP contribution >= 0.6 is 11.8 Å². The van der Waals surface area contributed by atoms with Crippen molar-refractivity contribution in [2.45, 2.75) is 37.3 Å². The van der Waals surface area contributed by atoms with E-state index < -0.39 is 0 Å². The maximum absolute atomic E-state index is 13.3. The van der Waals surface area contributed by atoms with Crippen molar-refractivity contribution in [2.75, 3.05) is 44.4 Å². The van der Waals surface area contributed by atoms with Gasteiger partial charge in [-0.25, -0.2) is 4.98 Å². The lowest BCUT2D eigenvalue weighted by atomic mass is 9.92. The van der Waals surface area contributed by atoms with Gasteiger partial charge in [0, 0.05) is 91.9 Å². The van der Waals surface area contributed by atoms with Crippen LogP contribution in [0.2, 0.25) is 0 Å². The van der Waals surface area contributed by atoms with Crippen LogP contribution in [-0.2, 0) is 7.05 Å². The van der Waals surface area contributed by atoms with Crippen LogP contribution in [0.15, 0.2) is 60.3 Å². The summed E-state index contributed by atoms with van der Waals surface area (Å²) < 4.78 is 2.03. The third-order valence-electron chi connectivity index (χ3n) is 7.15. The summed E-state index contributed by atoms with van der Waals surface area (Å²) in [6.07, 6.45) is 12.9. The Bertz CT molecular complexity index is 1310. The van der Waals surface area contributed by atoms with Crippen LogP contribution in [-0.4, -0.2) is 75.2 Å². The van der Waals surface area contributed by atoms with Gasteiger partial charge in [-0.1, -0.05) is 36.7 Å². The first-order valence-corrected chi connectivity index (χ1v) is 14.4. The number of aryl methyl sites for hydroxylation is 1. The zero-order valence-electron chi connectivity index (χ0n) is 22.2. The molecule has 0 unspecified atom stereocenters. The summed E-state index contributed by atoms with van der Waals surface area (Å²) in [5.41, 5.74) is 2.21. The summed E-state index contributed by atoms with van der Waals surface area (Å²) in [4.78, 5) is 36.9. The number of amides is 2. The molecule has 2 aromatic carbocycles. The topological polar surface area (TPSA) is 73.7 Å². The van der Waals surface area contributed by atoms with Crippen LogP contribution in [0.4, 0.5) is 5.69 Å². The highest BCUT2D eigenvalue weighted by molar-refractivity contribution is 7.99. The zero-order chi connectivity index (χ0) is 26.5. The second-order valence-electron chi connectivity index (χ2n) is 10.0. The number of unbranched alkanes of at least 4 members (excludes halogenated alkanes) is 3. The molecule has 0 radical (unpaired) electrons. The Labute approximate surface area is 228 Å². The lowest BCUT2D eigenvalue weighted by Crippen LogP contribution is -2.40. The number of nitrogens with zero attached hydrogens (tertiary/aromatic N) is 5. The first-order chi connectivity index (χ1) is 18.5. The van der Waals surface area contributed by atoms with Crippen molar-refractivity contribution in [2.24, 2.45) is 7.05 Å². The summed E-state index contributed by atoms with van der Waals surface area (Å²) in [6.45, 7) is 3.18. The van der Waals surface area contributed by atoms with E-state index in [1.54, 1.807) is 11.8 Å². The summed E-state index contributed by atoms with van der Waals surface area (Å²) in [7, 11) is 4.07. The number of rotatable bonds is 13. The van der Waals surface area contributed by atoms with Gasteiger partial charge in [0.15, 0.2) is 5.16 Å². The van der Waals surface area contributed by atoms with Crippen molar-refractivity contribution in [3.63, 3.8) is 0 Å². The fraction of sp³-hybridized carbons (Fsp3) is 0.414. The Morgan fingerprint density at radius 1 is 0.921 bits per heavy atom. The molecule has 1 N–H and O–H groups in total. The Balaban J connectivity index is 1.14. The number of thioether (sulfide) groups is 1. The van der Waals surface area contributed by atoms with Gasteiger partial charge < -0.3 is 19.7 Å². The van der Waals surface area contributed by atoms with Crippen molar-refractivity contribution in [3.05, 3.63) is 66.3 Å². The van der Waals surface area contributed by atoms with Gasteiger partial charge in [0.25, 0.3) is 11.8 Å². The minimum absolute atomic E-state index is 0.180. The van der Waals surface area contributed by atoms with Gasteiger partial charge in [0.2, 0.25) is 0 Å². The molecule has 9 heteroatoms. The summed E-state index contributed by atoms with van der Waals surface area (Å²) in [5.74, 6) is 0.659. The molecule has 5 rings (SSSR count). The lowest BCUT2D eigenvalue weighted by Gasteiger charge is -2.28. The number of aromatic nitrogens is 2. The molecule has 0 atom stereocenters. The van der Waals surface area contributed by atoms with Crippen molar-refractivity contribution in [3.8, 4) is 0 Å². The molecule has 3 aromatic rings. The van der Waals surface area contributed by atoms with Crippen LogP contribution in [0.5, 0.6) is 0 Å². The third-order valence-corrected chi connectivity index (χ3v) is 8.29. The predicted octanol–water partition coefficient (Wildman–Crippen LogP) is 5.00. The van der Waals surface area contributed by atoms with E-state index in [2.05, 4.69) is 39.5 Å². The normalized spacial score (nSPS) is 14.8. The van der Waals surface area contributed by atoms with E-state index in [1.165, 1.54) is 4.90 Å². The summed E-state index contributed by atoms with van der Waals surface area (Å²) in [5, 5.41) is 6.28. The molecule has 0 aliphatic carbocycles. The number of carbonyl (C=O) groups excluding carboxylic acids is 2. The van der Waals surface area contributed by atoms with E-state index in [4.69, 9.17) is 0 Å². The fourth-order valence-electron chi connectivity index (χ4n) is 5.12. The number of nitrogens with one attached hydrogen (secondary N) is 1. The molecule has 38 heavy (non-hydrogen) atoms. The molecule has 3 heterocycles. The van der Waals surface area contributed by atoms with Crippen LogP contribution in [0.25, 0.3) is 10.8 Å². The molecule has 0 saturated carbocycles.